The molecule has 0 bridgehead atoms. The van der Waals surface area contributed by atoms with Crippen LogP contribution in [0.15, 0.2) is 6.07 Å². The second-order valence-corrected chi connectivity index (χ2v) is 6.64. The molecule has 94 valence electrons. The molecule has 17 heavy (non-hydrogen) atoms. The molecule has 2 aromatic rings. The number of imidazole rings is 1. The Morgan fingerprint density at radius 2 is 1.71 bits per heavy atom. The summed E-state index contributed by atoms with van der Waals surface area (Å²) in [7, 11) is 0. The molecule has 2 heterocycles. The number of aromatic nitrogens is 2. The minimum Gasteiger partial charge on any atom is -0.317 e. The first kappa shape index (κ1) is 12.6. The van der Waals surface area contributed by atoms with Crippen molar-refractivity contribution < 1.29 is 0 Å². The third-order valence-electron chi connectivity index (χ3n) is 3.02. The normalized spacial score (nSPS) is 12.5. The van der Waals surface area contributed by atoms with E-state index in [4.69, 9.17) is 4.98 Å². The SMILES string of the molecule is CC(C)c1cc2nc(C(C)C)n(C(C)C)c2s1. The summed E-state index contributed by atoms with van der Waals surface area (Å²) in [6.45, 7) is 13.4. The molecule has 3 heteroatoms. The van der Waals surface area contributed by atoms with Gasteiger partial charge in [0.25, 0.3) is 0 Å². The van der Waals surface area contributed by atoms with E-state index in [-0.39, 0.29) is 0 Å². The van der Waals surface area contributed by atoms with E-state index in [1.807, 2.05) is 11.3 Å². The van der Waals surface area contributed by atoms with Crippen LogP contribution in [0.5, 0.6) is 0 Å². The van der Waals surface area contributed by atoms with Gasteiger partial charge in [0.1, 0.15) is 16.2 Å². The smallest absolute Gasteiger partial charge is 0.123 e. The number of fused-ring (bicyclic) bond motifs is 1. The van der Waals surface area contributed by atoms with Crippen molar-refractivity contribution in [3.63, 3.8) is 0 Å². The average molecular weight is 250 g/mol. The van der Waals surface area contributed by atoms with E-state index in [1.165, 1.54) is 21.0 Å². The van der Waals surface area contributed by atoms with Crippen LogP contribution in [0, 0.1) is 0 Å². The van der Waals surface area contributed by atoms with Crippen molar-refractivity contribution in [1.82, 2.24) is 9.55 Å². The maximum Gasteiger partial charge on any atom is 0.123 e. The van der Waals surface area contributed by atoms with Gasteiger partial charge in [0, 0.05) is 16.8 Å². The molecule has 2 rings (SSSR count). The molecule has 2 aromatic heterocycles. The van der Waals surface area contributed by atoms with Gasteiger partial charge in [-0.15, -0.1) is 11.3 Å². The van der Waals surface area contributed by atoms with Gasteiger partial charge in [0.05, 0.1) is 0 Å². The van der Waals surface area contributed by atoms with Gasteiger partial charge in [-0.25, -0.2) is 4.98 Å². The summed E-state index contributed by atoms with van der Waals surface area (Å²) in [6.07, 6.45) is 0. The Hall–Kier alpha value is -0.830. The van der Waals surface area contributed by atoms with E-state index in [0.29, 0.717) is 17.9 Å². The lowest BCUT2D eigenvalue weighted by Gasteiger charge is -2.14. The Morgan fingerprint density at radius 1 is 1.06 bits per heavy atom. The summed E-state index contributed by atoms with van der Waals surface area (Å²) in [5.41, 5.74) is 1.18. The van der Waals surface area contributed by atoms with Crippen molar-refractivity contribution in [3.8, 4) is 0 Å². The highest BCUT2D eigenvalue weighted by molar-refractivity contribution is 7.18. The number of rotatable bonds is 3. The Morgan fingerprint density at radius 3 is 2.18 bits per heavy atom. The fourth-order valence-electron chi connectivity index (χ4n) is 2.11. The quantitative estimate of drug-likeness (QED) is 0.755. The summed E-state index contributed by atoms with van der Waals surface area (Å²) >= 11 is 1.90. The Bertz CT molecular complexity index is 518. The lowest BCUT2D eigenvalue weighted by molar-refractivity contribution is 0.566. The topological polar surface area (TPSA) is 17.8 Å². The van der Waals surface area contributed by atoms with Crippen LogP contribution in [-0.2, 0) is 0 Å². The molecule has 0 fully saturated rings. The third kappa shape index (κ3) is 2.13. The zero-order valence-corrected chi connectivity index (χ0v) is 12.4. The van der Waals surface area contributed by atoms with Gasteiger partial charge in [0.15, 0.2) is 0 Å². The van der Waals surface area contributed by atoms with Crippen LogP contribution in [0.4, 0.5) is 0 Å². The lowest BCUT2D eigenvalue weighted by Crippen LogP contribution is -2.07. The summed E-state index contributed by atoms with van der Waals surface area (Å²) in [4.78, 5) is 7.59. The Labute approximate surface area is 108 Å². The molecule has 0 N–H and O–H groups in total. The van der Waals surface area contributed by atoms with E-state index in [1.54, 1.807) is 0 Å². The zero-order valence-electron chi connectivity index (χ0n) is 11.6. The predicted molar refractivity (Wildman–Crippen MR) is 76.2 cm³/mol. The van der Waals surface area contributed by atoms with Crippen molar-refractivity contribution >= 4 is 21.7 Å². The van der Waals surface area contributed by atoms with E-state index in [2.05, 4.69) is 52.2 Å². The summed E-state index contributed by atoms with van der Waals surface area (Å²) in [5.74, 6) is 2.30. The molecule has 0 aromatic carbocycles. The molecule has 0 aliphatic rings. The molecule has 0 radical (unpaired) electrons. The van der Waals surface area contributed by atoms with Gasteiger partial charge in [-0.1, -0.05) is 27.7 Å². The maximum atomic E-state index is 4.81. The number of thiophene rings is 1. The van der Waals surface area contributed by atoms with Gasteiger partial charge >= 0.3 is 0 Å². The number of hydrogen-bond donors (Lipinski definition) is 0. The van der Waals surface area contributed by atoms with E-state index >= 15 is 0 Å². The van der Waals surface area contributed by atoms with Crippen LogP contribution in [0.2, 0.25) is 0 Å². The molecule has 0 unspecified atom stereocenters. The van der Waals surface area contributed by atoms with Crippen molar-refractivity contribution in [2.45, 2.75) is 59.4 Å². The number of nitrogens with zero attached hydrogens (tertiary/aromatic N) is 2. The zero-order chi connectivity index (χ0) is 12.7. The van der Waals surface area contributed by atoms with E-state index in [9.17, 15) is 0 Å². The van der Waals surface area contributed by atoms with Crippen molar-refractivity contribution in [1.29, 1.82) is 0 Å². The van der Waals surface area contributed by atoms with Crippen LogP contribution in [0.25, 0.3) is 10.3 Å². The molecule has 0 aliphatic carbocycles. The highest BCUT2D eigenvalue weighted by Crippen LogP contribution is 2.34. The van der Waals surface area contributed by atoms with Gasteiger partial charge in [0.2, 0.25) is 0 Å². The molecule has 0 saturated carbocycles. The number of hydrogen-bond acceptors (Lipinski definition) is 2. The van der Waals surface area contributed by atoms with E-state index in [0.717, 1.165) is 0 Å². The van der Waals surface area contributed by atoms with Crippen LogP contribution in [0.3, 0.4) is 0 Å². The predicted octanol–water partition coefficient (Wildman–Crippen LogP) is 4.93. The van der Waals surface area contributed by atoms with Gasteiger partial charge in [-0.2, -0.15) is 0 Å². The third-order valence-corrected chi connectivity index (χ3v) is 4.44. The summed E-state index contributed by atoms with van der Waals surface area (Å²) in [5, 5.41) is 0. The molecule has 0 amide bonds. The minimum absolute atomic E-state index is 0.482. The van der Waals surface area contributed by atoms with Gasteiger partial charge in [-0.3, -0.25) is 0 Å². The van der Waals surface area contributed by atoms with Gasteiger partial charge in [-0.05, 0) is 25.8 Å². The molecular weight excluding hydrogens is 228 g/mol. The van der Waals surface area contributed by atoms with Crippen LogP contribution < -0.4 is 0 Å². The van der Waals surface area contributed by atoms with Crippen LogP contribution in [0.1, 0.15) is 70.1 Å². The molecule has 0 aliphatic heterocycles. The van der Waals surface area contributed by atoms with Crippen molar-refractivity contribution in [3.05, 3.63) is 16.8 Å². The molecule has 0 atom stereocenters. The Kier molecular flexibility index (Phi) is 3.30. The first-order chi connectivity index (χ1) is 7.91. The standard InChI is InChI=1S/C14H22N2S/c1-8(2)12-7-11-14(17-12)16(10(5)6)13(15-11)9(3)4/h7-10H,1-6H3. The molecule has 0 spiro atoms. The van der Waals surface area contributed by atoms with Crippen LogP contribution in [-0.4, -0.2) is 9.55 Å². The van der Waals surface area contributed by atoms with Crippen LogP contribution >= 0.6 is 11.3 Å². The largest absolute Gasteiger partial charge is 0.317 e. The summed E-state index contributed by atoms with van der Waals surface area (Å²) < 4.78 is 2.40. The molecule has 2 nitrogen and oxygen atoms in total. The fraction of sp³-hybridized carbons (Fsp3) is 0.643. The van der Waals surface area contributed by atoms with Crippen molar-refractivity contribution in [2.24, 2.45) is 0 Å². The minimum atomic E-state index is 0.482. The van der Waals surface area contributed by atoms with Crippen molar-refractivity contribution in [2.75, 3.05) is 0 Å². The first-order valence-electron chi connectivity index (χ1n) is 6.43. The monoisotopic (exact) mass is 250 g/mol. The average Bonchev–Trinajstić information content (AvgIpc) is 2.71. The lowest BCUT2D eigenvalue weighted by atomic mass is 10.2. The second-order valence-electron chi connectivity index (χ2n) is 5.58. The Balaban J connectivity index is 2.64. The van der Waals surface area contributed by atoms with Gasteiger partial charge < -0.3 is 4.57 Å². The molecular formula is C14H22N2S. The van der Waals surface area contributed by atoms with E-state index < -0.39 is 0 Å². The highest BCUT2D eigenvalue weighted by atomic mass is 32.1. The second kappa shape index (κ2) is 4.45. The molecule has 0 saturated heterocycles. The first-order valence-corrected chi connectivity index (χ1v) is 7.25. The fourth-order valence-corrected chi connectivity index (χ4v) is 3.36. The maximum absolute atomic E-state index is 4.81. The summed E-state index contributed by atoms with van der Waals surface area (Å²) in [6, 6.07) is 2.74. The highest BCUT2D eigenvalue weighted by Gasteiger charge is 2.18.